The first kappa shape index (κ1) is 22.1. The molecule has 2 heterocycles. The fraction of sp³-hybridized carbons (Fsp3) is 0.292. The van der Waals surface area contributed by atoms with Gasteiger partial charge in [-0.2, -0.15) is 4.31 Å². The molecule has 0 spiro atoms. The van der Waals surface area contributed by atoms with Crippen molar-refractivity contribution >= 4 is 21.6 Å². The SMILES string of the molecule is Cc1cccc(N2CCN(S(=O)(=O)CC(=O)NC(c3ccccc3)c3ccco3)CC2)c1. The molecule has 0 saturated carbocycles. The van der Waals surface area contributed by atoms with E-state index in [1.54, 1.807) is 12.1 Å². The van der Waals surface area contributed by atoms with E-state index in [1.165, 1.54) is 16.1 Å². The third-order valence-electron chi connectivity index (χ3n) is 5.58. The normalized spacial score (nSPS) is 16.0. The van der Waals surface area contributed by atoms with Crippen LogP contribution in [0.4, 0.5) is 5.69 Å². The van der Waals surface area contributed by atoms with E-state index in [2.05, 4.69) is 16.3 Å². The van der Waals surface area contributed by atoms with Gasteiger partial charge in [0.25, 0.3) is 0 Å². The van der Waals surface area contributed by atoms with Crippen molar-refractivity contribution in [1.29, 1.82) is 0 Å². The Kier molecular flexibility index (Phi) is 6.62. The minimum absolute atomic E-state index is 0.351. The number of amides is 1. The van der Waals surface area contributed by atoms with Crippen molar-refractivity contribution in [2.24, 2.45) is 0 Å². The van der Waals surface area contributed by atoms with Crippen LogP contribution >= 0.6 is 0 Å². The van der Waals surface area contributed by atoms with E-state index in [4.69, 9.17) is 4.42 Å². The van der Waals surface area contributed by atoms with Crippen LogP contribution in [0.2, 0.25) is 0 Å². The second kappa shape index (κ2) is 9.58. The maximum Gasteiger partial charge on any atom is 0.237 e. The molecule has 2 aromatic carbocycles. The van der Waals surface area contributed by atoms with Crippen molar-refractivity contribution in [3.05, 3.63) is 89.9 Å². The van der Waals surface area contributed by atoms with Crippen molar-refractivity contribution in [2.45, 2.75) is 13.0 Å². The second-order valence-corrected chi connectivity index (χ2v) is 9.88. The standard InChI is InChI=1S/C24H27N3O4S/c1-19-7-5-10-21(17-19)26-12-14-27(15-13-26)32(29,30)18-23(28)25-24(22-11-6-16-31-22)20-8-3-2-4-9-20/h2-11,16-17,24H,12-15,18H2,1H3,(H,25,28). The number of hydrogen-bond donors (Lipinski definition) is 1. The molecular weight excluding hydrogens is 426 g/mol. The van der Waals surface area contributed by atoms with Crippen LogP contribution in [0, 0.1) is 6.92 Å². The van der Waals surface area contributed by atoms with Gasteiger partial charge in [0.2, 0.25) is 15.9 Å². The highest BCUT2D eigenvalue weighted by Gasteiger charge is 2.30. The average Bonchev–Trinajstić information content (AvgIpc) is 3.32. The number of nitrogens with one attached hydrogen (secondary N) is 1. The van der Waals surface area contributed by atoms with Crippen molar-refractivity contribution in [3.8, 4) is 0 Å². The number of rotatable bonds is 7. The number of furan rings is 1. The van der Waals surface area contributed by atoms with Gasteiger partial charge in [0.15, 0.2) is 0 Å². The van der Waals surface area contributed by atoms with Gasteiger partial charge in [-0.3, -0.25) is 4.79 Å². The van der Waals surface area contributed by atoms with Gasteiger partial charge in [-0.15, -0.1) is 0 Å². The average molecular weight is 454 g/mol. The second-order valence-electron chi connectivity index (χ2n) is 7.91. The monoisotopic (exact) mass is 453 g/mol. The molecule has 7 nitrogen and oxygen atoms in total. The fourth-order valence-electron chi connectivity index (χ4n) is 3.93. The van der Waals surface area contributed by atoms with Crippen LogP contribution in [0.25, 0.3) is 0 Å². The van der Waals surface area contributed by atoms with Gasteiger partial charge in [-0.05, 0) is 42.3 Å². The van der Waals surface area contributed by atoms with E-state index in [9.17, 15) is 13.2 Å². The van der Waals surface area contributed by atoms with Crippen LogP contribution in [-0.4, -0.2) is 50.6 Å². The van der Waals surface area contributed by atoms with Crippen LogP contribution in [0.3, 0.4) is 0 Å². The summed E-state index contributed by atoms with van der Waals surface area (Å²) >= 11 is 0. The minimum atomic E-state index is -3.73. The number of aryl methyl sites for hydroxylation is 1. The van der Waals surface area contributed by atoms with Gasteiger partial charge in [-0.25, -0.2) is 8.42 Å². The number of benzene rings is 2. The lowest BCUT2D eigenvalue weighted by atomic mass is 10.0. The van der Waals surface area contributed by atoms with E-state index < -0.39 is 27.7 Å². The lowest BCUT2D eigenvalue weighted by Gasteiger charge is -2.35. The smallest absolute Gasteiger partial charge is 0.237 e. The third-order valence-corrected chi connectivity index (χ3v) is 7.36. The van der Waals surface area contributed by atoms with Crippen LogP contribution < -0.4 is 10.2 Å². The molecule has 3 aromatic rings. The van der Waals surface area contributed by atoms with E-state index in [1.807, 2.05) is 55.5 Å². The summed E-state index contributed by atoms with van der Waals surface area (Å²) in [6.07, 6.45) is 1.53. The predicted octanol–water partition coefficient (Wildman–Crippen LogP) is 2.95. The van der Waals surface area contributed by atoms with Gasteiger partial charge in [0.05, 0.1) is 6.26 Å². The Bertz CT molecular complexity index is 1140. The molecule has 1 aliphatic heterocycles. The molecule has 1 N–H and O–H groups in total. The highest BCUT2D eigenvalue weighted by molar-refractivity contribution is 7.89. The quantitative estimate of drug-likeness (QED) is 0.595. The van der Waals surface area contributed by atoms with Crippen LogP contribution in [0.5, 0.6) is 0 Å². The maximum atomic E-state index is 12.9. The van der Waals surface area contributed by atoms with Crippen molar-refractivity contribution in [1.82, 2.24) is 9.62 Å². The molecule has 4 rings (SSSR count). The number of sulfonamides is 1. The molecule has 0 bridgehead atoms. The number of piperazine rings is 1. The molecule has 0 radical (unpaired) electrons. The van der Waals surface area contributed by atoms with Crippen LogP contribution in [-0.2, 0) is 14.8 Å². The summed E-state index contributed by atoms with van der Waals surface area (Å²) < 4.78 is 32.7. The number of carbonyl (C=O) groups excluding carboxylic acids is 1. The lowest BCUT2D eigenvalue weighted by molar-refractivity contribution is -0.119. The molecular formula is C24H27N3O4S. The Hall–Kier alpha value is -3.10. The highest BCUT2D eigenvalue weighted by atomic mass is 32.2. The molecule has 32 heavy (non-hydrogen) atoms. The Morgan fingerprint density at radius 3 is 2.41 bits per heavy atom. The number of carbonyl (C=O) groups is 1. The minimum Gasteiger partial charge on any atom is -0.467 e. The lowest BCUT2D eigenvalue weighted by Crippen LogP contribution is -2.50. The Balaban J connectivity index is 1.39. The van der Waals surface area contributed by atoms with Gasteiger partial charge >= 0.3 is 0 Å². The van der Waals surface area contributed by atoms with Crippen molar-refractivity contribution < 1.29 is 17.6 Å². The molecule has 1 atom stereocenters. The molecule has 8 heteroatoms. The molecule has 1 aromatic heterocycles. The first-order chi connectivity index (χ1) is 15.4. The molecule has 1 amide bonds. The van der Waals surface area contributed by atoms with E-state index in [0.717, 1.165) is 11.3 Å². The van der Waals surface area contributed by atoms with E-state index >= 15 is 0 Å². The molecule has 1 saturated heterocycles. The molecule has 1 fully saturated rings. The number of anilines is 1. The van der Waals surface area contributed by atoms with Gasteiger partial charge in [0.1, 0.15) is 17.6 Å². The topological polar surface area (TPSA) is 82.9 Å². The van der Waals surface area contributed by atoms with Gasteiger partial charge < -0.3 is 14.6 Å². The first-order valence-corrected chi connectivity index (χ1v) is 12.2. The largest absolute Gasteiger partial charge is 0.467 e. The van der Waals surface area contributed by atoms with E-state index in [0.29, 0.717) is 31.9 Å². The molecule has 1 unspecified atom stereocenters. The zero-order valence-electron chi connectivity index (χ0n) is 18.0. The van der Waals surface area contributed by atoms with Crippen LogP contribution in [0.1, 0.15) is 22.9 Å². The number of hydrogen-bond acceptors (Lipinski definition) is 5. The fourth-order valence-corrected chi connectivity index (χ4v) is 5.25. The number of nitrogens with zero attached hydrogens (tertiary/aromatic N) is 2. The first-order valence-electron chi connectivity index (χ1n) is 10.6. The zero-order chi connectivity index (χ0) is 22.6. The molecule has 1 aliphatic rings. The van der Waals surface area contributed by atoms with Gasteiger partial charge in [-0.1, -0.05) is 42.5 Å². The summed E-state index contributed by atoms with van der Waals surface area (Å²) in [5.74, 6) is -0.605. The van der Waals surface area contributed by atoms with Gasteiger partial charge in [0, 0.05) is 31.9 Å². The van der Waals surface area contributed by atoms with E-state index in [-0.39, 0.29) is 0 Å². The summed E-state index contributed by atoms with van der Waals surface area (Å²) in [5, 5.41) is 2.82. The summed E-state index contributed by atoms with van der Waals surface area (Å²) in [7, 11) is -3.73. The third kappa shape index (κ3) is 5.20. The molecule has 168 valence electrons. The van der Waals surface area contributed by atoms with Crippen LogP contribution in [0.15, 0.2) is 77.4 Å². The summed E-state index contributed by atoms with van der Waals surface area (Å²) in [5.41, 5.74) is 3.07. The Morgan fingerprint density at radius 2 is 1.75 bits per heavy atom. The van der Waals surface area contributed by atoms with Crippen molar-refractivity contribution in [2.75, 3.05) is 36.8 Å². The summed E-state index contributed by atoms with van der Waals surface area (Å²) in [6.45, 7) is 3.91. The zero-order valence-corrected chi connectivity index (χ0v) is 18.8. The Morgan fingerprint density at radius 1 is 1.00 bits per heavy atom. The highest BCUT2D eigenvalue weighted by Crippen LogP contribution is 2.23. The Labute approximate surface area is 188 Å². The maximum absolute atomic E-state index is 12.9. The molecule has 0 aliphatic carbocycles. The summed E-state index contributed by atoms with van der Waals surface area (Å²) in [4.78, 5) is 14.9. The predicted molar refractivity (Wildman–Crippen MR) is 124 cm³/mol. The summed E-state index contributed by atoms with van der Waals surface area (Å²) in [6, 6.07) is 20.5. The van der Waals surface area contributed by atoms with Crippen molar-refractivity contribution in [3.63, 3.8) is 0 Å².